The molecule has 3 rings (SSSR count). The molecule has 7 heteroatoms. The van der Waals surface area contributed by atoms with E-state index in [9.17, 15) is 0 Å². The largest absolute Gasteiger partial charge is 0.493 e. The van der Waals surface area contributed by atoms with Crippen LogP contribution in [0.5, 0.6) is 11.5 Å². The third kappa shape index (κ3) is 5.96. The molecule has 152 valence electrons. The molecule has 3 aromatic rings. The van der Waals surface area contributed by atoms with E-state index in [1.165, 1.54) is 11.1 Å². The van der Waals surface area contributed by atoms with Gasteiger partial charge in [-0.05, 0) is 48.8 Å². The third-order valence-electron chi connectivity index (χ3n) is 4.50. The van der Waals surface area contributed by atoms with Crippen LogP contribution >= 0.6 is 12.2 Å². The van der Waals surface area contributed by atoms with Gasteiger partial charge in [-0.2, -0.15) is 5.10 Å². The van der Waals surface area contributed by atoms with E-state index in [4.69, 9.17) is 21.7 Å². The Labute approximate surface area is 176 Å². The molecule has 0 amide bonds. The summed E-state index contributed by atoms with van der Waals surface area (Å²) in [6.45, 7) is 3.51. The molecule has 6 nitrogen and oxygen atoms in total. The fourth-order valence-corrected chi connectivity index (χ4v) is 3.15. The van der Waals surface area contributed by atoms with E-state index in [-0.39, 0.29) is 0 Å². The Balaban J connectivity index is 1.46. The van der Waals surface area contributed by atoms with Gasteiger partial charge in [0.15, 0.2) is 16.6 Å². The van der Waals surface area contributed by atoms with E-state index in [2.05, 4.69) is 46.9 Å². The minimum absolute atomic E-state index is 0.570. The number of hydrogen-bond acceptors (Lipinski definition) is 4. The summed E-state index contributed by atoms with van der Waals surface area (Å²) in [5, 5.41) is 11.4. The molecule has 0 atom stereocenters. The molecule has 0 aliphatic rings. The number of nitrogens with zero attached hydrogens (tertiary/aromatic N) is 2. The third-order valence-corrected chi connectivity index (χ3v) is 4.75. The van der Waals surface area contributed by atoms with Gasteiger partial charge in [0.1, 0.15) is 0 Å². The molecule has 1 aromatic heterocycles. The summed E-state index contributed by atoms with van der Waals surface area (Å²) >= 11 is 5.39. The Morgan fingerprint density at radius 1 is 1.03 bits per heavy atom. The molecule has 2 N–H and O–H groups in total. The van der Waals surface area contributed by atoms with Gasteiger partial charge in [-0.1, -0.05) is 35.9 Å². The Bertz CT molecular complexity index is 954. The van der Waals surface area contributed by atoms with Crippen molar-refractivity contribution in [2.24, 2.45) is 0 Å². The topological polar surface area (TPSA) is 60.3 Å². The van der Waals surface area contributed by atoms with E-state index < -0.39 is 0 Å². The van der Waals surface area contributed by atoms with E-state index >= 15 is 0 Å². The Kier molecular flexibility index (Phi) is 7.08. The molecule has 0 radical (unpaired) electrons. The van der Waals surface area contributed by atoms with Gasteiger partial charge in [-0.15, -0.1) is 0 Å². The molecule has 0 spiro atoms. The highest BCUT2D eigenvalue weighted by Crippen LogP contribution is 2.27. The Morgan fingerprint density at radius 2 is 1.76 bits per heavy atom. The van der Waals surface area contributed by atoms with E-state index in [0.29, 0.717) is 11.7 Å². The lowest BCUT2D eigenvalue weighted by atomic mass is 10.1. The van der Waals surface area contributed by atoms with Crippen molar-refractivity contribution in [2.45, 2.75) is 19.9 Å². The smallest absolute Gasteiger partial charge is 0.170 e. The fraction of sp³-hybridized carbons (Fsp3) is 0.273. The lowest BCUT2D eigenvalue weighted by molar-refractivity contribution is 0.354. The van der Waals surface area contributed by atoms with Crippen molar-refractivity contribution in [1.82, 2.24) is 15.1 Å². The van der Waals surface area contributed by atoms with Crippen molar-refractivity contribution in [3.8, 4) is 11.5 Å². The molecule has 0 aliphatic heterocycles. The number of ether oxygens (including phenoxy) is 2. The quantitative estimate of drug-likeness (QED) is 0.551. The van der Waals surface area contributed by atoms with Crippen LogP contribution in [0, 0.1) is 6.92 Å². The molecule has 0 aliphatic carbocycles. The summed E-state index contributed by atoms with van der Waals surface area (Å²) in [5.74, 6) is 1.45. The van der Waals surface area contributed by atoms with Crippen molar-refractivity contribution in [3.63, 3.8) is 0 Å². The highest BCUT2D eigenvalue weighted by Gasteiger charge is 2.06. The second kappa shape index (κ2) is 9.93. The molecule has 0 fully saturated rings. The molecule has 1 heterocycles. The summed E-state index contributed by atoms with van der Waals surface area (Å²) in [7, 11) is 3.27. The molecular formula is C22H26N4O2S. The number of benzene rings is 2. The van der Waals surface area contributed by atoms with Crippen LogP contribution in [0.1, 0.15) is 16.7 Å². The van der Waals surface area contributed by atoms with Crippen LogP contribution in [0.2, 0.25) is 0 Å². The number of aryl methyl sites for hydroxylation is 1. The van der Waals surface area contributed by atoms with Gasteiger partial charge >= 0.3 is 0 Å². The van der Waals surface area contributed by atoms with Gasteiger partial charge in [0.05, 0.1) is 32.6 Å². The van der Waals surface area contributed by atoms with Crippen molar-refractivity contribution < 1.29 is 9.47 Å². The van der Waals surface area contributed by atoms with Crippen LogP contribution in [-0.2, 0) is 13.0 Å². The lowest BCUT2D eigenvalue weighted by Gasteiger charge is -2.11. The predicted molar refractivity (Wildman–Crippen MR) is 120 cm³/mol. The Hall–Kier alpha value is -3.06. The standard InChI is InChI=1S/C22H26N4O2S/c1-16-4-6-18(7-5-16)14-26-15-19(13-24-26)25-22(29)23-11-10-17-8-9-20(27-2)21(12-17)28-3/h4-9,12-13,15H,10-11,14H2,1-3H3,(H2,23,25,29). The molecule has 0 saturated heterocycles. The molecule has 0 bridgehead atoms. The zero-order valence-electron chi connectivity index (χ0n) is 16.9. The first-order chi connectivity index (χ1) is 14.1. The average Bonchev–Trinajstić information content (AvgIpc) is 3.16. The molecule has 0 saturated carbocycles. The zero-order chi connectivity index (χ0) is 20.6. The van der Waals surface area contributed by atoms with Crippen molar-refractivity contribution >= 4 is 23.0 Å². The van der Waals surface area contributed by atoms with Gasteiger partial charge < -0.3 is 20.1 Å². The van der Waals surface area contributed by atoms with E-state index in [1.807, 2.05) is 29.1 Å². The van der Waals surface area contributed by atoms with Crippen LogP contribution in [0.15, 0.2) is 54.9 Å². The number of anilines is 1. The second-order valence-electron chi connectivity index (χ2n) is 6.73. The van der Waals surface area contributed by atoms with Crippen molar-refractivity contribution in [1.29, 1.82) is 0 Å². The molecule has 29 heavy (non-hydrogen) atoms. The number of nitrogens with one attached hydrogen (secondary N) is 2. The average molecular weight is 411 g/mol. The minimum Gasteiger partial charge on any atom is -0.493 e. The van der Waals surface area contributed by atoms with Crippen LogP contribution < -0.4 is 20.1 Å². The second-order valence-corrected chi connectivity index (χ2v) is 7.14. The van der Waals surface area contributed by atoms with Gasteiger partial charge in [-0.3, -0.25) is 4.68 Å². The maximum absolute atomic E-state index is 5.39. The Morgan fingerprint density at radius 3 is 2.48 bits per heavy atom. The summed E-state index contributed by atoms with van der Waals surface area (Å²) in [6.07, 6.45) is 4.54. The maximum atomic E-state index is 5.39. The normalized spacial score (nSPS) is 10.4. The van der Waals surface area contributed by atoms with Gasteiger partial charge in [0, 0.05) is 12.7 Å². The summed E-state index contributed by atoms with van der Waals surface area (Å²) in [6, 6.07) is 14.4. The first-order valence-corrected chi connectivity index (χ1v) is 9.82. The first-order valence-electron chi connectivity index (χ1n) is 9.41. The number of hydrogen-bond donors (Lipinski definition) is 2. The monoisotopic (exact) mass is 410 g/mol. The summed E-state index contributed by atoms with van der Waals surface area (Å²) in [5.41, 5.74) is 4.46. The molecule has 2 aromatic carbocycles. The van der Waals surface area contributed by atoms with Crippen molar-refractivity contribution in [3.05, 3.63) is 71.5 Å². The number of thiocarbonyl (C=S) groups is 1. The molecule has 0 unspecified atom stereocenters. The zero-order valence-corrected chi connectivity index (χ0v) is 17.8. The van der Waals surface area contributed by atoms with Crippen LogP contribution in [0.3, 0.4) is 0 Å². The van der Waals surface area contributed by atoms with Crippen molar-refractivity contribution in [2.75, 3.05) is 26.1 Å². The maximum Gasteiger partial charge on any atom is 0.170 e. The van der Waals surface area contributed by atoms with E-state index in [1.54, 1.807) is 20.4 Å². The van der Waals surface area contributed by atoms with Crippen LogP contribution in [-0.4, -0.2) is 35.7 Å². The first kappa shape index (κ1) is 20.7. The minimum atomic E-state index is 0.570. The van der Waals surface area contributed by atoms with Gasteiger partial charge in [-0.25, -0.2) is 0 Å². The summed E-state index contributed by atoms with van der Waals surface area (Å²) < 4.78 is 12.5. The van der Waals surface area contributed by atoms with Gasteiger partial charge in [0.25, 0.3) is 0 Å². The number of methoxy groups -OCH3 is 2. The summed E-state index contributed by atoms with van der Waals surface area (Å²) in [4.78, 5) is 0. The molecular weight excluding hydrogens is 384 g/mol. The number of aromatic nitrogens is 2. The highest BCUT2D eigenvalue weighted by molar-refractivity contribution is 7.80. The lowest BCUT2D eigenvalue weighted by Crippen LogP contribution is -2.30. The fourth-order valence-electron chi connectivity index (χ4n) is 2.93. The SMILES string of the molecule is COc1ccc(CCNC(=S)Nc2cnn(Cc3ccc(C)cc3)c2)cc1OC. The van der Waals surface area contributed by atoms with E-state index in [0.717, 1.165) is 35.7 Å². The van der Waals surface area contributed by atoms with Gasteiger partial charge in [0.2, 0.25) is 0 Å². The highest BCUT2D eigenvalue weighted by atomic mass is 32.1. The van der Waals surface area contributed by atoms with Crippen LogP contribution in [0.25, 0.3) is 0 Å². The van der Waals surface area contributed by atoms with Crippen LogP contribution in [0.4, 0.5) is 5.69 Å². The predicted octanol–water partition coefficient (Wildman–Crippen LogP) is 3.79. The number of rotatable bonds is 8.